The first kappa shape index (κ1) is 13.8. The van der Waals surface area contributed by atoms with Crippen molar-refractivity contribution >= 4 is 6.01 Å². The van der Waals surface area contributed by atoms with E-state index in [0.29, 0.717) is 24.9 Å². The standard InChI is InChI=1S/C17H14FN3O2/c18-13-6-3-4-11(8-13)10-19-17-21-20-16(23-17)15-9-12-5-1-2-7-14(12)22-15/h1-8,15H,9-10H2,(H,19,21)/t15-/m1/s1. The van der Waals surface area contributed by atoms with Crippen LogP contribution < -0.4 is 10.1 Å². The van der Waals surface area contributed by atoms with Gasteiger partial charge in [-0.2, -0.15) is 0 Å². The van der Waals surface area contributed by atoms with Crippen LogP contribution in [0.25, 0.3) is 0 Å². The molecule has 116 valence electrons. The van der Waals surface area contributed by atoms with Crippen molar-refractivity contribution in [1.82, 2.24) is 10.2 Å². The van der Waals surface area contributed by atoms with Gasteiger partial charge < -0.3 is 14.5 Å². The molecule has 5 nitrogen and oxygen atoms in total. The molecule has 23 heavy (non-hydrogen) atoms. The normalized spacial score (nSPS) is 16.0. The summed E-state index contributed by atoms with van der Waals surface area (Å²) in [5.41, 5.74) is 1.93. The smallest absolute Gasteiger partial charge is 0.315 e. The second kappa shape index (κ2) is 5.72. The average Bonchev–Trinajstić information content (AvgIpc) is 3.19. The molecule has 2 aromatic carbocycles. The van der Waals surface area contributed by atoms with E-state index in [1.165, 1.54) is 12.1 Å². The van der Waals surface area contributed by atoms with Crippen molar-refractivity contribution in [2.24, 2.45) is 0 Å². The van der Waals surface area contributed by atoms with Gasteiger partial charge >= 0.3 is 6.01 Å². The minimum absolute atomic E-state index is 0.260. The first-order chi connectivity index (χ1) is 11.3. The number of fused-ring (bicyclic) bond motifs is 1. The predicted octanol–water partition coefficient (Wildman–Crippen LogP) is 3.50. The van der Waals surface area contributed by atoms with Crippen molar-refractivity contribution in [1.29, 1.82) is 0 Å². The zero-order valence-corrected chi connectivity index (χ0v) is 12.2. The third-order valence-electron chi connectivity index (χ3n) is 3.70. The van der Waals surface area contributed by atoms with Gasteiger partial charge in [0.1, 0.15) is 11.6 Å². The number of aromatic nitrogens is 2. The third kappa shape index (κ3) is 2.88. The number of rotatable bonds is 4. The van der Waals surface area contributed by atoms with Gasteiger partial charge in [-0.3, -0.25) is 0 Å². The van der Waals surface area contributed by atoms with E-state index in [2.05, 4.69) is 15.5 Å². The van der Waals surface area contributed by atoms with E-state index in [9.17, 15) is 4.39 Å². The topological polar surface area (TPSA) is 60.2 Å². The molecule has 3 aromatic rings. The summed E-state index contributed by atoms with van der Waals surface area (Å²) in [7, 11) is 0. The lowest BCUT2D eigenvalue weighted by molar-refractivity contribution is 0.199. The molecular weight excluding hydrogens is 297 g/mol. The highest BCUT2D eigenvalue weighted by Gasteiger charge is 2.28. The molecule has 1 aromatic heterocycles. The molecule has 1 aliphatic heterocycles. The molecule has 4 rings (SSSR count). The van der Waals surface area contributed by atoms with Gasteiger partial charge in [0.25, 0.3) is 5.89 Å². The third-order valence-corrected chi connectivity index (χ3v) is 3.70. The van der Waals surface area contributed by atoms with Crippen molar-refractivity contribution in [3.8, 4) is 5.75 Å². The van der Waals surface area contributed by atoms with Crippen LogP contribution in [0.1, 0.15) is 23.1 Å². The molecule has 0 fully saturated rings. The minimum Gasteiger partial charge on any atom is -0.480 e. The highest BCUT2D eigenvalue weighted by Crippen LogP contribution is 2.36. The van der Waals surface area contributed by atoms with Gasteiger partial charge in [0, 0.05) is 13.0 Å². The molecular formula is C17H14FN3O2. The van der Waals surface area contributed by atoms with Crippen molar-refractivity contribution in [3.05, 3.63) is 71.4 Å². The summed E-state index contributed by atoms with van der Waals surface area (Å²) in [5.74, 6) is 1.01. The number of nitrogens with zero attached hydrogens (tertiary/aromatic N) is 2. The molecule has 0 spiro atoms. The Labute approximate surface area is 132 Å². The van der Waals surface area contributed by atoms with E-state index in [0.717, 1.165) is 16.9 Å². The number of hydrogen-bond acceptors (Lipinski definition) is 5. The first-order valence-electron chi connectivity index (χ1n) is 7.34. The molecule has 0 saturated carbocycles. The van der Waals surface area contributed by atoms with Crippen LogP contribution in [0.5, 0.6) is 5.75 Å². The number of ether oxygens (including phenoxy) is 1. The fraction of sp³-hybridized carbons (Fsp3) is 0.176. The van der Waals surface area contributed by atoms with E-state index in [1.807, 2.05) is 30.3 Å². The Morgan fingerprint density at radius 3 is 2.91 bits per heavy atom. The Hall–Kier alpha value is -2.89. The first-order valence-corrected chi connectivity index (χ1v) is 7.34. The Bertz CT molecular complexity index is 809. The van der Waals surface area contributed by atoms with Crippen LogP contribution in [0, 0.1) is 5.82 Å². The molecule has 1 aliphatic rings. The lowest BCUT2D eigenvalue weighted by Crippen LogP contribution is -2.03. The van der Waals surface area contributed by atoms with Crippen LogP contribution in [0.2, 0.25) is 0 Å². The number of hydrogen-bond donors (Lipinski definition) is 1. The van der Waals surface area contributed by atoms with E-state index in [-0.39, 0.29) is 11.9 Å². The highest BCUT2D eigenvalue weighted by molar-refractivity contribution is 5.38. The maximum Gasteiger partial charge on any atom is 0.315 e. The largest absolute Gasteiger partial charge is 0.480 e. The van der Waals surface area contributed by atoms with Crippen LogP contribution in [0.15, 0.2) is 52.9 Å². The molecule has 0 radical (unpaired) electrons. The zero-order chi connectivity index (χ0) is 15.6. The molecule has 1 atom stereocenters. The van der Waals surface area contributed by atoms with Gasteiger partial charge in [-0.1, -0.05) is 35.4 Å². The monoisotopic (exact) mass is 311 g/mol. The molecule has 6 heteroatoms. The maximum atomic E-state index is 13.1. The number of benzene rings is 2. The van der Waals surface area contributed by atoms with Crippen LogP contribution in [-0.2, 0) is 13.0 Å². The van der Waals surface area contributed by atoms with Crippen LogP contribution in [0.3, 0.4) is 0 Å². The summed E-state index contributed by atoms with van der Waals surface area (Å²) in [6.45, 7) is 0.408. The van der Waals surface area contributed by atoms with E-state index in [4.69, 9.17) is 9.15 Å². The molecule has 0 saturated heterocycles. The summed E-state index contributed by atoms with van der Waals surface area (Å²) in [5, 5.41) is 11.0. The lowest BCUT2D eigenvalue weighted by atomic mass is 10.1. The molecule has 2 heterocycles. The van der Waals surface area contributed by atoms with Gasteiger partial charge in [0.2, 0.25) is 0 Å². The van der Waals surface area contributed by atoms with Crippen LogP contribution >= 0.6 is 0 Å². The van der Waals surface area contributed by atoms with Crippen molar-refractivity contribution in [2.45, 2.75) is 19.1 Å². The molecule has 0 aliphatic carbocycles. The Morgan fingerprint density at radius 1 is 1.13 bits per heavy atom. The fourth-order valence-electron chi connectivity index (χ4n) is 2.58. The summed E-state index contributed by atoms with van der Waals surface area (Å²) in [6.07, 6.45) is 0.450. The van der Waals surface area contributed by atoms with Gasteiger partial charge in [0.05, 0.1) is 0 Å². The van der Waals surface area contributed by atoms with E-state index >= 15 is 0 Å². The van der Waals surface area contributed by atoms with Crippen LogP contribution in [0.4, 0.5) is 10.4 Å². The number of halogens is 1. The number of anilines is 1. The Kier molecular flexibility index (Phi) is 3.42. The number of para-hydroxylation sites is 1. The zero-order valence-electron chi connectivity index (χ0n) is 12.2. The van der Waals surface area contributed by atoms with Crippen molar-refractivity contribution in [2.75, 3.05) is 5.32 Å². The van der Waals surface area contributed by atoms with Crippen molar-refractivity contribution in [3.63, 3.8) is 0 Å². The predicted molar refractivity (Wildman–Crippen MR) is 81.5 cm³/mol. The quantitative estimate of drug-likeness (QED) is 0.799. The summed E-state index contributed by atoms with van der Waals surface area (Å²) in [4.78, 5) is 0. The fourth-order valence-corrected chi connectivity index (χ4v) is 2.58. The summed E-state index contributed by atoms with van der Waals surface area (Å²) in [6, 6.07) is 14.5. The van der Waals surface area contributed by atoms with Gasteiger partial charge in [-0.25, -0.2) is 4.39 Å². The minimum atomic E-state index is -0.271. The molecule has 1 N–H and O–H groups in total. The molecule has 0 unspecified atom stereocenters. The highest BCUT2D eigenvalue weighted by atomic mass is 19.1. The van der Waals surface area contributed by atoms with E-state index < -0.39 is 0 Å². The van der Waals surface area contributed by atoms with E-state index in [1.54, 1.807) is 6.07 Å². The summed E-state index contributed by atoms with van der Waals surface area (Å²) < 4.78 is 24.5. The molecule has 0 amide bonds. The van der Waals surface area contributed by atoms with Gasteiger partial charge in [0.15, 0.2) is 6.10 Å². The van der Waals surface area contributed by atoms with Gasteiger partial charge in [-0.15, -0.1) is 5.10 Å². The van der Waals surface area contributed by atoms with Crippen LogP contribution in [-0.4, -0.2) is 10.2 Å². The average molecular weight is 311 g/mol. The SMILES string of the molecule is Fc1cccc(CNc2nnc([C@H]3Cc4ccccc4O3)o2)c1. The Balaban J connectivity index is 1.42. The summed E-state index contributed by atoms with van der Waals surface area (Å²) >= 11 is 0. The number of nitrogens with one attached hydrogen (secondary N) is 1. The lowest BCUT2D eigenvalue weighted by Gasteiger charge is -2.05. The maximum absolute atomic E-state index is 13.1. The Morgan fingerprint density at radius 2 is 2.04 bits per heavy atom. The molecule has 0 bridgehead atoms. The van der Waals surface area contributed by atoms with Gasteiger partial charge in [-0.05, 0) is 29.3 Å². The second-order valence-corrected chi connectivity index (χ2v) is 5.35. The second-order valence-electron chi connectivity index (χ2n) is 5.35. The van der Waals surface area contributed by atoms with Crippen molar-refractivity contribution < 1.29 is 13.5 Å².